The molecule has 0 bridgehead atoms. The summed E-state index contributed by atoms with van der Waals surface area (Å²) in [7, 11) is 1.67. The summed E-state index contributed by atoms with van der Waals surface area (Å²) >= 11 is 0. The summed E-state index contributed by atoms with van der Waals surface area (Å²) in [5, 5.41) is 3.81. The number of carbonyl (C=O) groups excluding carboxylic acids is 1. The second-order valence-electron chi connectivity index (χ2n) is 8.22. The Labute approximate surface area is 177 Å². The maximum absolute atomic E-state index is 12.8. The highest BCUT2D eigenvalue weighted by Crippen LogP contribution is 2.43. The Morgan fingerprint density at radius 3 is 2.57 bits per heavy atom. The van der Waals surface area contributed by atoms with E-state index in [0.29, 0.717) is 6.42 Å². The van der Waals surface area contributed by atoms with Gasteiger partial charge in [0.15, 0.2) is 0 Å². The van der Waals surface area contributed by atoms with Crippen LogP contribution in [-0.2, 0) is 16.8 Å². The van der Waals surface area contributed by atoms with Crippen molar-refractivity contribution in [1.82, 2.24) is 9.47 Å². The van der Waals surface area contributed by atoms with Crippen LogP contribution in [0, 0.1) is 0 Å². The van der Waals surface area contributed by atoms with Crippen molar-refractivity contribution in [2.75, 3.05) is 25.5 Å². The van der Waals surface area contributed by atoms with Crippen LogP contribution in [0.4, 0.5) is 5.69 Å². The number of hydrogen-bond donors (Lipinski definition) is 1. The summed E-state index contributed by atoms with van der Waals surface area (Å²) in [5.74, 6) is 1.09. The van der Waals surface area contributed by atoms with Gasteiger partial charge in [-0.25, -0.2) is 0 Å². The molecule has 1 saturated heterocycles. The van der Waals surface area contributed by atoms with Gasteiger partial charge in [-0.1, -0.05) is 24.3 Å². The minimum Gasteiger partial charge on any atom is -0.497 e. The molecule has 0 aliphatic carbocycles. The number of benzene rings is 2. The molecule has 2 aliphatic heterocycles. The number of carbonyl (C=O) groups is 1. The molecule has 1 fully saturated rings. The molecule has 5 heteroatoms. The first-order chi connectivity index (χ1) is 14.7. The van der Waals surface area contributed by atoms with Crippen LogP contribution in [0.15, 0.2) is 66.9 Å². The molecule has 1 aromatic heterocycles. The van der Waals surface area contributed by atoms with Crippen molar-refractivity contribution in [2.24, 2.45) is 0 Å². The van der Waals surface area contributed by atoms with Gasteiger partial charge in [0, 0.05) is 31.4 Å². The quantitative estimate of drug-likeness (QED) is 0.707. The molecule has 1 amide bonds. The van der Waals surface area contributed by atoms with Crippen molar-refractivity contribution in [3.63, 3.8) is 0 Å². The number of rotatable bonds is 4. The van der Waals surface area contributed by atoms with Gasteiger partial charge in [0.05, 0.1) is 24.0 Å². The minimum atomic E-state index is -0.107. The molecule has 5 nitrogen and oxygen atoms in total. The average molecular weight is 402 g/mol. The van der Waals surface area contributed by atoms with Crippen LogP contribution in [0.5, 0.6) is 5.75 Å². The van der Waals surface area contributed by atoms with E-state index >= 15 is 0 Å². The monoisotopic (exact) mass is 401 g/mol. The molecule has 3 heterocycles. The highest BCUT2D eigenvalue weighted by atomic mass is 16.5. The number of likely N-dealkylation sites (tertiary alicyclic amines) is 1. The minimum absolute atomic E-state index is 0.107. The molecule has 0 radical (unpaired) electrons. The third kappa shape index (κ3) is 3.24. The predicted octanol–water partition coefficient (Wildman–Crippen LogP) is 4.36. The van der Waals surface area contributed by atoms with E-state index in [1.165, 1.54) is 22.6 Å². The van der Waals surface area contributed by atoms with E-state index in [2.05, 4.69) is 52.5 Å². The number of nitrogens with zero attached hydrogens (tertiary/aromatic N) is 2. The van der Waals surface area contributed by atoms with Gasteiger partial charge in [-0.3, -0.25) is 4.79 Å². The molecule has 3 aromatic rings. The lowest BCUT2D eigenvalue weighted by Gasteiger charge is -2.46. The smallest absolute Gasteiger partial charge is 0.222 e. The molecule has 2 aromatic carbocycles. The van der Waals surface area contributed by atoms with Crippen molar-refractivity contribution in [2.45, 2.75) is 31.2 Å². The number of ether oxygens (including phenoxy) is 1. The van der Waals surface area contributed by atoms with Crippen LogP contribution in [-0.4, -0.2) is 35.6 Å². The third-order valence-electron chi connectivity index (χ3n) is 6.53. The molecule has 154 valence electrons. The second kappa shape index (κ2) is 7.56. The molecular weight excluding hydrogens is 374 g/mol. The molecule has 1 N–H and O–H groups in total. The first kappa shape index (κ1) is 18.8. The number of aryl methyl sites for hydroxylation is 1. The highest BCUT2D eigenvalue weighted by molar-refractivity contribution is 5.77. The topological polar surface area (TPSA) is 46.5 Å². The number of fused-ring (bicyclic) bond motifs is 4. The Bertz CT molecular complexity index is 1050. The molecule has 0 atom stereocenters. The first-order valence-corrected chi connectivity index (χ1v) is 10.6. The molecule has 5 rings (SSSR count). The van der Waals surface area contributed by atoms with Crippen molar-refractivity contribution in [3.05, 3.63) is 78.1 Å². The Morgan fingerprint density at radius 2 is 1.80 bits per heavy atom. The lowest BCUT2D eigenvalue weighted by Crippen LogP contribution is -2.51. The summed E-state index contributed by atoms with van der Waals surface area (Å²) in [6.07, 6.45) is 5.29. The van der Waals surface area contributed by atoms with E-state index in [0.717, 1.165) is 38.1 Å². The van der Waals surface area contributed by atoms with E-state index in [1.807, 2.05) is 29.2 Å². The summed E-state index contributed by atoms with van der Waals surface area (Å²) < 4.78 is 7.50. The van der Waals surface area contributed by atoms with Gasteiger partial charge < -0.3 is 19.5 Å². The largest absolute Gasteiger partial charge is 0.497 e. The van der Waals surface area contributed by atoms with Crippen LogP contribution in [0.2, 0.25) is 0 Å². The van der Waals surface area contributed by atoms with Crippen LogP contribution in [0.1, 0.15) is 30.5 Å². The lowest BCUT2D eigenvalue weighted by atomic mass is 9.82. The van der Waals surface area contributed by atoms with Crippen molar-refractivity contribution < 1.29 is 9.53 Å². The number of nitrogens with one attached hydrogen (secondary N) is 1. The Hall–Kier alpha value is -3.21. The van der Waals surface area contributed by atoms with Gasteiger partial charge in [-0.15, -0.1) is 0 Å². The summed E-state index contributed by atoms with van der Waals surface area (Å²) in [4.78, 5) is 14.9. The fraction of sp³-hybridized carbons (Fsp3) is 0.320. The second-order valence-corrected chi connectivity index (χ2v) is 8.22. The van der Waals surface area contributed by atoms with Gasteiger partial charge in [0.1, 0.15) is 5.75 Å². The van der Waals surface area contributed by atoms with E-state index in [1.54, 1.807) is 7.11 Å². The van der Waals surface area contributed by atoms with Crippen LogP contribution >= 0.6 is 0 Å². The lowest BCUT2D eigenvalue weighted by molar-refractivity contribution is -0.132. The molecule has 1 spiro atoms. The summed E-state index contributed by atoms with van der Waals surface area (Å²) in [6, 6.07) is 20.8. The van der Waals surface area contributed by atoms with E-state index < -0.39 is 0 Å². The normalized spacial score (nSPS) is 16.5. The summed E-state index contributed by atoms with van der Waals surface area (Å²) in [6.45, 7) is 1.56. The molecule has 2 aliphatic rings. The number of para-hydroxylation sites is 2. The summed E-state index contributed by atoms with van der Waals surface area (Å²) in [5.41, 5.74) is 4.72. The first-order valence-electron chi connectivity index (χ1n) is 10.6. The fourth-order valence-electron chi connectivity index (χ4n) is 4.81. The number of hydrogen-bond acceptors (Lipinski definition) is 3. The Kier molecular flexibility index (Phi) is 4.74. The van der Waals surface area contributed by atoms with E-state index in [-0.39, 0.29) is 11.4 Å². The van der Waals surface area contributed by atoms with Gasteiger partial charge in [-0.2, -0.15) is 0 Å². The third-order valence-corrected chi connectivity index (χ3v) is 6.53. The molecular formula is C25H27N3O2. The molecule has 0 unspecified atom stereocenters. The molecule has 30 heavy (non-hydrogen) atoms. The SMILES string of the molecule is COc1ccc(CCC(=O)N2CCC3(CC2)Nc2ccccc2-n2cccc23)cc1. The van der Waals surface area contributed by atoms with Crippen LogP contribution in [0.3, 0.4) is 0 Å². The maximum Gasteiger partial charge on any atom is 0.222 e. The average Bonchev–Trinajstić information content (AvgIpc) is 3.30. The maximum atomic E-state index is 12.8. The fourth-order valence-corrected chi connectivity index (χ4v) is 4.81. The Morgan fingerprint density at radius 1 is 1.03 bits per heavy atom. The Balaban J connectivity index is 1.25. The van der Waals surface area contributed by atoms with Gasteiger partial charge in [-0.05, 0) is 61.2 Å². The highest BCUT2D eigenvalue weighted by Gasteiger charge is 2.42. The van der Waals surface area contributed by atoms with Gasteiger partial charge in [0.2, 0.25) is 5.91 Å². The van der Waals surface area contributed by atoms with Crippen molar-refractivity contribution >= 4 is 11.6 Å². The number of aromatic nitrogens is 1. The van der Waals surface area contributed by atoms with Crippen molar-refractivity contribution in [3.8, 4) is 11.4 Å². The number of piperidine rings is 1. The van der Waals surface area contributed by atoms with Crippen molar-refractivity contribution in [1.29, 1.82) is 0 Å². The van der Waals surface area contributed by atoms with E-state index in [4.69, 9.17) is 4.74 Å². The van der Waals surface area contributed by atoms with Gasteiger partial charge in [0.25, 0.3) is 0 Å². The molecule has 0 saturated carbocycles. The zero-order chi connectivity index (χ0) is 20.6. The standard InChI is InChI=1S/C25H27N3O2/c1-30-20-11-8-19(9-12-20)10-13-24(29)27-17-14-25(15-18-27)23-7-4-16-28(23)22-6-3-2-5-21(22)26-25/h2-9,11-12,16,26H,10,13-15,17-18H2,1H3. The predicted molar refractivity (Wildman–Crippen MR) is 118 cm³/mol. The van der Waals surface area contributed by atoms with Crippen LogP contribution < -0.4 is 10.1 Å². The zero-order valence-electron chi connectivity index (χ0n) is 17.3. The van der Waals surface area contributed by atoms with Gasteiger partial charge >= 0.3 is 0 Å². The van der Waals surface area contributed by atoms with E-state index in [9.17, 15) is 4.79 Å². The number of amides is 1. The number of anilines is 1. The number of methoxy groups -OCH3 is 1. The zero-order valence-corrected chi connectivity index (χ0v) is 17.3. The van der Waals surface area contributed by atoms with Crippen LogP contribution in [0.25, 0.3) is 5.69 Å².